The molecule has 2 rings (SSSR count). The number of hydrogen-bond donors (Lipinski definition) is 0. The minimum Gasteiger partial charge on any atom is -0.497 e. The van der Waals surface area contributed by atoms with Crippen molar-refractivity contribution in [3.63, 3.8) is 0 Å². The van der Waals surface area contributed by atoms with Gasteiger partial charge in [-0.1, -0.05) is 28.1 Å². The summed E-state index contributed by atoms with van der Waals surface area (Å²) in [6, 6.07) is 13.6. The number of halogens is 2. The van der Waals surface area contributed by atoms with E-state index in [1.54, 1.807) is 7.11 Å². The Kier molecular flexibility index (Phi) is 5.32. The normalized spacial score (nSPS) is 12.0. The molecule has 0 heterocycles. The fraction of sp³-hybridized carbons (Fsp3) is 0.250. The lowest BCUT2D eigenvalue weighted by Crippen LogP contribution is -2.00. The van der Waals surface area contributed by atoms with Gasteiger partial charge < -0.3 is 9.47 Å². The summed E-state index contributed by atoms with van der Waals surface area (Å²) >= 11 is 10.1. The number of benzene rings is 2. The predicted molar refractivity (Wildman–Crippen MR) is 86.0 cm³/mol. The Bertz CT molecular complexity index is 586. The van der Waals surface area contributed by atoms with Gasteiger partial charge in [0.25, 0.3) is 0 Å². The zero-order valence-corrected chi connectivity index (χ0v) is 13.7. The van der Waals surface area contributed by atoms with E-state index in [1.165, 1.54) is 0 Å². The molecule has 2 aromatic carbocycles. The van der Waals surface area contributed by atoms with Crippen molar-refractivity contribution in [1.29, 1.82) is 0 Å². The molecule has 0 bridgehead atoms. The molecule has 0 amide bonds. The molecule has 4 heteroatoms. The number of rotatable bonds is 5. The molecule has 20 heavy (non-hydrogen) atoms. The number of ether oxygens (including phenoxy) is 2. The van der Waals surface area contributed by atoms with E-state index < -0.39 is 0 Å². The quantitative estimate of drug-likeness (QED) is 0.688. The van der Waals surface area contributed by atoms with Crippen LogP contribution in [0.15, 0.2) is 46.9 Å². The van der Waals surface area contributed by atoms with E-state index in [0.717, 1.165) is 27.1 Å². The van der Waals surface area contributed by atoms with E-state index in [0.29, 0.717) is 6.61 Å². The van der Waals surface area contributed by atoms with Gasteiger partial charge in [-0.15, -0.1) is 11.6 Å². The number of methoxy groups -OCH3 is 1. The van der Waals surface area contributed by atoms with Crippen molar-refractivity contribution in [3.8, 4) is 11.5 Å². The van der Waals surface area contributed by atoms with Crippen LogP contribution in [0.3, 0.4) is 0 Å². The van der Waals surface area contributed by atoms with Crippen LogP contribution in [0.5, 0.6) is 11.5 Å². The second kappa shape index (κ2) is 7.00. The Balaban J connectivity index is 2.40. The monoisotopic (exact) mass is 354 g/mol. The summed E-state index contributed by atoms with van der Waals surface area (Å²) in [4.78, 5) is 0. The molecule has 0 aromatic heterocycles. The van der Waals surface area contributed by atoms with Crippen molar-refractivity contribution in [2.75, 3.05) is 13.7 Å². The molecule has 2 aromatic rings. The van der Waals surface area contributed by atoms with Crippen LogP contribution in [-0.4, -0.2) is 13.7 Å². The Labute approximate surface area is 132 Å². The van der Waals surface area contributed by atoms with Crippen LogP contribution in [-0.2, 0) is 0 Å². The van der Waals surface area contributed by atoms with Crippen molar-refractivity contribution in [2.45, 2.75) is 12.3 Å². The first-order chi connectivity index (χ1) is 9.65. The zero-order valence-electron chi connectivity index (χ0n) is 11.4. The number of alkyl halides is 1. The lowest BCUT2D eigenvalue weighted by molar-refractivity contribution is 0.336. The molecule has 1 unspecified atom stereocenters. The summed E-state index contributed by atoms with van der Waals surface area (Å²) in [7, 11) is 1.65. The van der Waals surface area contributed by atoms with Gasteiger partial charge in [-0.3, -0.25) is 0 Å². The van der Waals surface area contributed by atoms with Crippen LogP contribution in [0, 0.1) is 0 Å². The smallest absolute Gasteiger partial charge is 0.124 e. The lowest BCUT2D eigenvalue weighted by atomic mass is 10.0. The molecule has 1 atom stereocenters. The van der Waals surface area contributed by atoms with E-state index in [1.807, 2.05) is 49.4 Å². The van der Waals surface area contributed by atoms with Crippen LogP contribution in [0.25, 0.3) is 0 Å². The molecule has 0 radical (unpaired) electrons. The Morgan fingerprint density at radius 3 is 2.70 bits per heavy atom. The maximum atomic E-state index is 6.62. The van der Waals surface area contributed by atoms with Gasteiger partial charge in [0.05, 0.1) is 19.1 Å². The molecule has 106 valence electrons. The molecule has 0 aliphatic rings. The standard InChI is InChI=1S/C16H16BrClO2/c1-3-20-15-8-7-12(17)10-14(15)16(18)11-5-4-6-13(9-11)19-2/h4-10,16H,3H2,1-2H3. The maximum Gasteiger partial charge on any atom is 0.124 e. The van der Waals surface area contributed by atoms with E-state index in [4.69, 9.17) is 21.1 Å². The fourth-order valence-corrected chi connectivity index (χ4v) is 2.67. The van der Waals surface area contributed by atoms with Gasteiger partial charge in [0.1, 0.15) is 11.5 Å². The van der Waals surface area contributed by atoms with Crippen LogP contribution >= 0.6 is 27.5 Å². The van der Waals surface area contributed by atoms with Gasteiger partial charge >= 0.3 is 0 Å². The molecular weight excluding hydrogens is 340 g/mol. The highest BCUT2D eigenvalue weighted by molar-refractivity contribution is 9.10. The molecule has 0 spiro atoms. The third-order valence-corrected chi connectivity index (χ3v) is 3.91. The highest BCUT2D eigenvalue weighted by atomic mass is 79.9. The van der Waals surface area contributed by atoms with E-state index in [9.17, 15) is 0 Å². The SMILES string of the molecule is CCOc1ccc(Br)cc1C(Cl)c1cccc(OC)c1. The molecule has 0 N–H and O–H groups in total. The Morgan fingerprint density at radius 2 is 2.00 bits per heavy atom. The average molecular weight is 356 g/mol. The first-order valence-electron chi connectivity index (χ1n) is 6.36. The van der Waals surface area contributed by atoms with E-state index in [2.05, 4.69) is 15.9 Å². The first-order valence-corrected chi connectivity index (χ1v) is 7.59. The van der Waals surface area contributed by atoms with Crippen LogP contribution in [0.2, 0.25) is 0 Å². The van der Waals surface area contributed by atoms with Gasteiger partial charge in [-0.2, -0.15) is 0 Å². The highest BCUT2D eigenvalue weighted by Crippen LogP contribution is 2.37. The van der Waals surface area contributed by atoms with Gasteiger partial charge in [-0.05, 0) is 42.8 Å². The number of hydrogen-bond acceptors (Lipinski definition) is 2. The summed E-state index contributed by atoms with van der Waals surface area (Å²) < 4.78 is 11.9. The molecule has 0 aliphatic carbocycles. The van der Waals surface area contributed by atoms with Crippen molar-refractivity contribution < 1.29 is 9.47 Å². The first kappa shape index (κ1) is 15.2. The molecule has 0 saturated heterocycles. The van der Waals surface area contributed by atoms with Crippen molar-refractivity contribution >= 4 is 27.5 Å². The predicted octanol–water partition coefficient (Wildman–Crippen LogP) is 5.18. The third kappa shape index (κ3) is 3.47. The van der Waals surface area contributed by atoms with Crippen LogP contribution in [0.4, 0.5) is 0 Å². The highest BCUT2D eigenvalue weighted by Gasteiger charge is 2.17. The minimum absolute atomic E-state index is 0.288. The summed E-state index contributed by atoms with van der Waals surface area (Å²) in [5, 5.41) is -0.288. The van der Waals surface area contributed by atoms with Crippen LogP contribution in [0.1, 0.15) is 23.4 Å². The van der Waals surface area contributed by atoms with Crippen molar-refractivity contribution in [1.82, 2.24) is 0 Å². The zero-order chi connectivity index (χ0) is 14.5. The molecule has 0 aliphatic heterocycles. The second-order valence-electron chi connectivity index (χ2n) is 4.25. The summed E-state index contributed by atoms with van der Waals surface area (Å²) in [6.07, 6.45) is 0. The van der Waals surface area contributed by atoms with E-state index in [-0.39, 0.29) is 5.38 Å². The minimum atomic E-state index is -0.288. The molecular formula is C16H16BrClO2. The van der Waals surface area contributed by atoms with Gasteiger partial charge in [-0.25, -0.2) is 0 Å². The van der Waals surface area contributed by atoms with Crippen LogP contribution < -0.4 is 9.47 Å². The van der Waals surface area contributed by atoms with Crippen molar-refractivity contribution in [3.05, 3.63) is 58.1 Å². The third-order valence-electron chi connectivity index (χ3n) is 2.93. The average Bonchev–Trinajstić information content (AvgIpc) is 2.48. The maximum absolute atomic E-state index is 6.62. The Morgan fingerprint density at radius 1 is 1.20 bits per heavy atom. The summed E-state index contributed by atoms with van der Waals surface area (Å²) in [5.74, 6) is 1.60. The fourth-order valence-electron chi connectivity index (χ4n) is 1.98. The summed E-state index contributed by atoms with van der Waals surface area (Å²) in [6.45, 7) is 2.57. The van der Waals surface area contributed by atoms with Crippen molar-refractivity contribution in [2.24, 2.45) is 0 Å². The van der Waals surface area contributed by atoms with E-state index >= 15 is 0 Å². The summed E-state index contributed by atoms with van der Waals surface area (Å²) in [5.41, 5.74) is 1.92. The second-order valence-corrected chi connectivity index (χ2v) is 5.61. The Hall–Kier alpha value is -1.19. The molecule has 0 fully saturated rings. The topological polar surface area (TPSA) is 18.5 Å². The van der Waals surface area contributed by atoms with Gasteiger partial charge in [0.15, 0.2) is 0 Å². The lowest BCUT2D eigenvalue weighted by Gasteiger charge is -2.16. The molecule has 2 nitrogen and oxygen atoms in total. The van der Waals surface area contributed by atoms with Gasteiger partial charge in [0, 0.05) is 10.0 Å². The molecule has 0 saturated carbocycles. The van der Waals surface area contributed by atoms with Gasteiger partial charge in [0.2, 0.25) is 0 Å². The largest absolute Gasteiger partial charge is 0.497 e.